The normalized spacial score (nSPS) is 11.7. The van der Waals surface area contributed by atoms with E-state index in [1.807, 2.05) is 13.8 Å². The van der Waals surface area contributed by atoms with Crippen molar-refractivity contribution in [2.75, 3.05) is 13.1 Å². The first-order chi connectivity index (χ1) is 10.0. The second-order valence-electron chi connectivity index (χ2n) is 4.82. The number of aromatic nitrogens is 1. The number of pyridine rings is 1. The van der Waals surface area contributed by atoms with Crippen LogP contribution in [-0.2, 0) is 10.0 Å². The van der Waals surface area contributed by atoms with Crippen molar-refractivity contribution in [2.24, 2.45) is 0 Å². The van der Waals surface area contributed by atoms with Crippen molar-refractivity contribution < 1.29 is 8.42 Å². The smallest absolute Gasteiger partial charge is 0.244 e. The molecule has 1 aromatic heterocycles. The number of aryl methyl sites for hydroxylation is 1. The van der Waals surface area contributed by atoms with Gasteiger partial charge in [0.15, 0.2) is 0 Å². The minimum Gasteiger partial charge on any atom is -0.256 e. The van der Waals surface area contributed by atoms with Gasteiger partial charge in [0.25, 0.3) is 0 Å². The molecule has 0 aliphatic rings. The highest BCUT2D eigenvalue weighted by Crippen LogP contribution is 2.26. The average molecular weight is 302 g/mol. The highest BCUT2D eigenvalue weighted by atomic mass is 32.2. The Kier molecular flexibility index (Phi) is 4.61. The molecule has 1 heterocycles. The van der Waals surface area contributed by atoms with E-state index in [0.717, 1.165) is 5.56 Å². The number of terminal acetylenes is 1. The van der Waals surface area contributed by atoms with Crippen LogP contribution in [0.25, 0.3) is 10.9 Å². The Morgan fingerprint density at radius 1 is 1.33 bits per heavy atom. The maximum Gasteiger partial charge on any atom is 0.244 e. The molecule has 0 N–H and O–H groups in total. The fourth-order valence-corrected chi connectivity index (χ4v) is 3.92. The monoisotopic (exact) mass is 302 g/mol. The number of benzene rings is 1. The van der Waals surface area contributed by atoms with Crippen LogP contribution in [0.2, 0.25) is 0 Å². The molecule has 1 aromatic carbocycles. The lowest BCUT2D eigenvalue weighted by Gasteiger charge is -2.20. The third-order valence-corrected chi connectivity index (χ3v) is 5.19. The van der Waals surface area contributed by atoms with Gasteiger partial charge in [-0.3, -0.25) is 4.98 Å². The molecule has 0 amide bonds. The maximum atomic E-state index is 12.8. The molecule has 0 atom stereocenters. The van der Waals surface area contributed by atoms with Crippen molar-refractivity contribution in [3.05, 3.63) is 36.0 Å². The zero-order chi connectivity index (χ0) is 15.5. The fraction of sp³-hybridized carbons (Fsp3) is 0.312. The molecule has 0 aliphatic carbocycles. The molecule has 21 heavy (non-hydrogen) atoms. The largest absolute Gasteiger partial charge is 0.256 e. The fourth-order valence-electron chi connectivity index (χ4n) is 2.29. The molecule has 0 fully saturated rings. The summed E-state index contributed by atoms with van der Waals surface area (Å²) < 4.78 is 27.0. The molecular formula is C16H18N2O2S. The summed E-state index contributed by atoms with van der Waals surface area (Å²) in [5.41, 5.74) is 1.65. The Morgan fingerprint density at radius 2 is 2.10 bits per heavy atom. The number of sulfonamides is 1. The molecular weight excluding hydrogens is 284 g/mol. The van der Waals surface area contributed by atoms with E-state index >= 15 is 0 Å². The lowest BCUT2D eigenvalue weighted by Crippen LogP contribution is -2.32. The summed E-state index contributed by atoms with van der Waals surface area (Å²) >= 11 is 0. The third kappa shape index (κ3) is 2.92. The van der Waals surface area contributed by atoms with Crippen LogP contribution in [-0.4, -0.2) is 30.8 Å². The first kappa shape index (κ1) is 15.5. The van der Waals surface area contributed by atoms with E-state index in [0.29, 0.717) is 23.9 Å². The highest BCUT2D eigenvalue weighted by molar-refractivity contribution is 7.89. The van der Waals surface area contributed by atoms with Crippen molar-refractivity contribution in [3.63, 3.8) is 0 Å². The van der Waals surface area contributed by atoms with E-state index in [-0.39, 0.29) is 11.4 Å². The van der Waals surface area contributed by atoms with Crippen molar-refractivity contribution in [1.82, 2.24) is 9.29 Å². The SMILES string of the molecule is C#CCN(CCC)S(=O)(=O)c1ccc(C)c2ncccc12. The summed E-state index contributed by atoms with van der Waals surface area (Å²) in [6, 6.07) is 6.93. The van der Waals surface area contributed by atoms with E-state index in [4.69, 9.17) is 6.42 Å². The molecule has 4 nitrogen and oxygen atoms in total. The summed E-state index contributed by atoms with van der Waals surface area (Å²) in [4.78, 5) is 4.55. The van der Waals surface area contributed by atoms with Gasteiger partial charge in [-0.1, -0.05) is 18.9 Å². The minimum absolute atomic E-state index is 0.0752. The average Bonchev–Trinajstić information content (AvgIpc) is 2.47. The van der Waals surface area contributed by atoms with Crippen LogP contribution in [0, 0.1) is 19.3 Å². The number of fused-ring (bicyclic) bond motifs is 1. The first-order valence-electron chi connectivity index (χ1n) is 6.80. The summed E-state index contributed by atoms with van der Waals surface area (Å²) in [7, 11) is -3.62. The van der Waals surface area contributed by atoms with Crippen molar-refractivity contribution in [2.45, 2.75) is 25.2 Å². The second kappa shape index (κ2) is 6.25. The molecule has 2 aromatic rings. The van der Waals surface area contributed by atoms with Gasteiger partial charge in [0, 0.05) is 18.1 Å². The third-order valence-electron chi connectivity index (χ3n) is 3.29. The number of nitrogens with zero attached hydrogens (tertiary/aromatic N) is 2. The van der Waals surface area contributed by atoms with Gasteiger partial charge in [-0.05, 0) is 37.1 Å². The summed E-state index contributed by atoms with van der Waals surface area (Å²) in [5.74, 6) is 2.42. The van der Waals surface area contributed by atoms with Crippen LogP contribution in [0.1, 0.15) is 18.9 Å². The van der Waals surface area contributed by atoms with E-state index in [1.54, 1.807) is 30.5 Å². The number of hydrogen-bond acceptors (Lipinski definition) is 3. The Balaban J connectivity index is 2.65. The molecule has 2 rings (SSSR count). The zero-order valence-electron chi connectivity index (χ0n) is 12.2. The molecule has 0 saturated heterocycles. The Bertz CT molecular complexity index is 792. The lowest BCUT2D eigenvalue weighted by atomic mass is 10.1. The van der Waals surface area contributed by atoms with Crippen LogP contribution >= 0.6 is 0 Å². The molecule has 0 saturated carbocycles. The highest BCUT2D eigenvalue weighted by Gasteiger charge is 2.25. The minimum atomic E-state index is -3.62. The summed E-state index contributed by atoms with van der Waals surface area (Å²) in [6.45, 7) is 4.32. The van der Waals surface area contributed by atoms with E-state index in [9.17, 15) is 8.42 Å². The Hall–Kier alpha value is -1.90. The lowest BCUT2D eigenvalue weighted by molar-refractivity contribution is 0.446. The topological polar surface area (TPSA) is 50.3 Å². The van der Waals surface area contributed by atoms with Gasteiger partial charge in [-0.2, -0.15) is 4.31 Å². The molecule has 110 valence electrons. The van der Waals surface area contributed by atoms with Crippen LogP contribution in [0.3, 0.4) is 0 Å². The van der Waals surface area contributed by atoms with Crippen LogP contribution in [0.15, 0.2) is 35.4 Å². The summed E-state index contributed by atoms with van der Waals surface area (Å²) in [6.07, 6.45) is 7.68. The van der Waals surface area contributed by atoms with Gasteiger partial charge in [0.2, 0.25) is 10.0 Å². The second-order valence-corrected chi connectivity index (χ2v) is 6.73. The standard InChI is InChI=1S/C16H18N2O2S/c1-4-11-18(12-5-2)21(19,20)15-9-8-13(3)16-14(15)7-6-10-17-16/h1,6-10H,5,11-12H2,2-3H3. The van der Waals surface area contributed by atoms with Gasteiger partial charge < -0.3 is 0 Å². The molecule has 0 radical (unpaired) electrons. The van der Waals surface area contributed by atoms with Gasteiger partial charge >= 0.3 is 0 Å². The van der Waals surface area contributed by atoms with Crippen LogP contribution in [0.5, 0.6) is 0 Å². The summed E-state index contributed by atoms with van der Waals surface area (Å²) in [5, 5.41) is 0.635. The molecule has 0 unspecified atom stereocenters. The van der Waals surface area contributed by atoms with Gasteiger partial charge in [-0.15, -0.1) is 6.42 Å². The van der Waals surface area contributed by atoms with Crippen LogP contribution in [0.4, 0.5) is 0 Å². The van der Waals surface area contributed by atoms with Gasteiger partial charge in [0.05, 0.1) is 17.0 Å². The van der Waals surface area contributed by atoms with E-state index < -0.39 is 10.0 Å². The molecule has 0 aliphatic heterocycles. The number of hydrogen-bond donors (Lipinski definition) is 0. The quantitative estimate of drug-likeness (QED) is 0.798. The van der Waals surface area contributed by atoms with Crippen molar-refractivity contribution >= 4 is 20.9 Å². The first-order valence-corrected chi connectivity index (χ1v) is 8.24. The van der Waals surface area contributed by atoms with Crippen molar-refractivity contribution in [1.29, 1.82) is 0 Å². The zero-order valence-corrected chi connectivity index (χ0v) is 13.0. The molecule has 0 bridgehead atoms. The Labute approximate surface area is 125 Å². The van der Waals surface area contributed by atoms with E-state index in [2.05, 4.69) is 10.9 Å². The Morgan fingerprint density at radius 3 is 2.76 bits per heavy atom. The van der Waals surface area contributed by atoms with Crippen molar-refractivity contribution in [3.8, 4) is 12.3 Å². The van der Waals surface area contributed by atoms with E-state index in [1.165, 1.54) is 4.31 Å². The predicted molar refractivity (Wildman–Crippen MR) is 84.4 cm³/mol. The molecule has 5 heteroatoms. The molecule has 0 spiro atoms. The van der Waals surface area contributed by atoms with Gasteiger partial charge in [-0.25, -0.2) is 8.42 Å². The maximum absolute atomic E-state index is 12.8. The predicted octanol–water partition coefficient (Wildman–Crippen LogP) is 2.58. The van der Waals surface area contributed by atoms with Crippen LogP contribution < -0.4 is 0 Å². The van der Waals surface area contributed by atoms with Gasteiger partial charge in [0.1, 0.15) is 0 Å². The number of rotatable bonds is 5.